The fourth-order valence-corrected chi connectivity index (χ4v) is 8.36. The van der Waals surface area contributed by atoms with E-state index >= 15 is 0 Å². The van der Waals surface area contributed by atoms with E-state index in [-0.39, 0.29) is 16.2 Å². The maximum absolute atomic E-state index is 2.53. The van der Waals surface area contributed by atoms with Gasteiger partial charge >= 0.3 is 0 Å². The summed E-state index contributed by atoms with van der Waals surface area (Å²) >= 11 is 0. The summed E-state index contributed by atoms with van der Waals surface area (Å²) in [6.07, 6.45) is 6.82. The Hall–Kier alpha value is -4.56. The van der Waals surface area contributed by atoms with Gasteiger partial charge in [-0.1, -0.05) is 126 Å². The second-order valence-corrected chi connectivity index (χ2v) is 15.7. The zero-order valence-electron chi connectivity index (χ0n) is 28.8. The quantitative estimate of drug-likeness (QED) is 0.186. The van der Waals surface area contributed by atoms with Crippen molar-refractivity contribution in [3.05, 3.63) is 143 Å². The molecule has 0 unspecified atom stereocenters. The van der Waals surface area contributed by atoms with E-state index in [1.165, 1.54) is 67.3 Å². The first-order chi connectivity index (χ1) is 22.5. The molecule has 5 aromatic rings. The van der Waals surface area contributed by atoms with Gasteiger partial charge in [0.25, 0.3) is 0 Å². The lowest BCUT2D eigenvalue weighted by Crippen LogP contribution is -2.34. The third kappa shape index (κ3) is 4.92. The Balaban J connectivity index is 1.04. The first kappa shape index (κ1) is 29.8. The minimum absolute atomic E-state index is 0.0694. The molecule has 0 saturated carbocycles. The van der Waals surface area contributed by atoms with Crippen molar-refractivity contribution in [3.8, 4) is 11.1 Å². The number of benzene rings is 5. The van der Waals surface area contributed by atoms with Crippen LogP contribution in [0.4, 0.5) is 22.7 Å². The molecular weight excluding hydrogens is 569 g/mol. The van der Waals surface area contributed by atoms with Gasteiger partial charge in [0.1, 0.15) is 0 Å². The number of nitrogens with zero attached hydrogens (tertiary/aromatic N) is 2. The van der Waals surface area contributed by atoms with Crippen molar-refractivity contribution < 1.29 is 0 Å². The van der Waals surface area contributed by atoms with Gasteiger partial charge in [0.2, 0.25) is 0 Å². The molecule has 2 heteroatoms. The maximum Gasteiger partial charge on any atom is 0.0448 e. The Labute approximate surface area is 281 Å². The van der Waals surface area contributed by atoms with Gasteiger partial charge in [0, 0.05) is 41.3 Å². The topological polar surface area (TPSA) is 6.48 Å². The zero-order chi connectivity index (χ0) is 32.6. The molecule has 47 heavy (non-hydrogen) atoms. The van der Waals surface area contributed by atoms with Crippen LogP contribution >= 0.6 is 0 Å². The summed E-state index contributed by atoms with van der Waals surface area (Å²) in [5, 5.41) is 0. The van der Waals surface area contributed by atoms with Gasteiger partial charge in [0.05, 0.1) is 0 Å². The molecule has 2 nitrogen and oxygen atoms in total. The van der Waals surface area contributed by atoms with E-state index in [1.807, 2.05) is 0 Å². The largest absolute Gasteiger partial charge is 0.341 e. The first-order valence-corrected chi connectivity index (χ1v) is 17.3. The van der Waals surface area contributed by atoms with Crippen molar-refractivity contribution >= 4 is 34.9 Å². The number of anilines is 4. The van der Waals surface area contributed by atoms with E-state index in [0.29, 0.717) is 0 Å². The Morgan fingerprint density at radius 3 is 1.55 bits per heavy atom. The van der Waals surface area contributed by atoms with Crippen LogP contribution in [-0.2, 0) is 16.2 Å². The molecule has 236 valence electrons. The van der Waals surface area contributed by atoms with E-state index in [4.69, 9.17) is 0 Å². The molecule has 0 N–H and O–H groups in total. The SMILES string of the molecule is CC1(C)CCN(c2ccc(C=Cc3ccc4c(c3)C(C)(C)c3cc(N5CCC(C)(C)c6ccccc65)ccc3-4)cc2)c2ccccc21. The molecule has 5 aromatic carbocycles. The van der Waals surface area contributed by atoms with E-state index in [9.17, 15) is 0 Å². The molecule has 2 heterocycles. The predicted molar refractivity (Wildman–Crippen MR) is 202 cm³/mol. The van der Waals surface area contributed by atoms with Gasteiger partial charge in [-0.25, -0.2) is 0 Å². The van der Waals surface area contributed by atoms with E-state index in [2.05, 4.69) is 173 Å². The molecular formula is C45H46N2. The van der Waals surface area contributed by atoms with E-state index < -0.39 is 0 Å². The summed E-state index contributed by atoms with van der Waals surface area (Å²) in [4.78, 5) is 5.01. The number of fused-ring (bicyclic) bond motifs is 5. The van der Waals surface area contributed by atoms with Crippen LogP contribution in [-0.4, -0.2) is 13.1 Å². The van der Waals surface area contributed by atoms with Crippen molar-refractivity contribution in [2.24, 2.45) is 0 Å². The van der Waals surface area contributed by atoms with Crippen LogP contribution in [0.5, 0.6) is 0 Å². The third-order valence-electron chi connectivity index (χ3n) is 11.4. The molecule has 1 aliphatic carbocycles. The van der Waals surface area contributed by atoms with Crippen molar-refractivity contribution in [2.75, 3.05) is 22.9 Å². The lowest BCUT2D eigenvalue weighted by atomic mass is 9.77. The lowest BCUT2D eigenvalue weighted by molar-refractivity contribution is 0.467. The highest BCUT2D eigenvalue weighted by Gasteiger charge is 2.37. The molecule has 3 aliphatic rings. The molecule has 0 atom stereocenters. The molecule has 2 aliphatic heterocycles. The van der Waals surface area contributed by atoms with Gasteiger partial charge in [-0.3, -0.25) is 0 Å². The molecule has 0 aromatic heterocycles. The Bertz CT molecular complexity index is 2020. The van der Waals surface area contributed by atoms with Crippen LogP contribution in [0.25, 0.3) is 23.3 Å². The smallest absolute Gasteiger partial charge is 0.0448 e. The number of rotatable bonds is 4. The van der Waals surface area contributed by atoms with Gasteiger partial charge in [-0.2, -0.15) is 0 Å². The molecule has 0 saturated heterocycles. The van der Waals surface area contributed by atoms with Gasteiger partial charge in [0.15, 0.2) is 0 Å². The molecule has 0 amide bonds. The third-order valence-corrected chi connectivity index (χ3v) is 11.4. The van der Waals surface area contributed by atoms with Crippen LogP contribution in [0.2, 0.25) is 0 Å². The van der Waals surface area contributed by atoms with Crippen molar-refractivity contribution in [1.82, 2.24) is 0 Å². The van der Waals surface area contributed by atoms with Crippen molar-refractivity contribution in [3.63, 3.8) is 0 Å². The van der Waals surface area contributed by atoms with Crippen molar-refractivity contribution in [2.45, 2.75) is 70.6 Å². The monoisotopic (exact) mass is 614 g/mol. The first-order valence-electron chi connectivity index (χ1n) is 17.3. The minimum Gasteiger partial charge on any atom is -0.341 e. The highest BCUT2D eigenvalue weighted by molar-refractivity contribution is 5.85. The van der Waals surface area contributed by atoms with Gasteiger partial charge in [-0.15, -0.1) is 0 Å². The van der Waals surface area contributed by atoms with Crippen LogP contribution in [0.1, 0.15) is 87.8 Å². The normalized spacial score (nSPS) is 18.4. The van der Waals surface area contributed by atoms with Gasteiger partial charge < -0.3 is 9.80 Å². The standard InChI is InChI=1S/C45H46N2/c1-43(2)25-27-46(41-13-9-7-11-37(41)43)33-20-17-31(18-21-33)15-16-32-19-23-35-36-24-22-34(30-40(36)45(5,6)39(35)29-32)47-28-26-44(3,4)38-12-8-10-14-42(38)47/h7-24,29-30H,25-28H2,1-6H3. The minimum atomic E-state index is -0.0694. The number of hydrogen-bond acceptors (Lipinski definition) is 2. The predicted octanol–water partition coefficient (Wildman–Crippen LogP) is 11.8. The van der Waals surface area contributed by atoms with Crippen LogP contribution in [0, 0.1) is 0 Å². The zero-order valence-corrected chi connectivity index (χ0v) is 28.8. The molecule has 0 spiro atoms. The summed E-state index contributed by atoms with van der Waals surface area (Å²) in [5.74, 6) is 0. The van der Waals surface area contributed by atoms with Crippen LogP contribution in [0.3, 0.4) is 0 Å². The van der Waals surface area contributed by atoms with Crippen LogP contribution in [0.15, 0.2) is 109 Å². The highest BCUT2D eigenvalue weighted by atomic mass is 15.2. The molecule has 0 bridgehead atoms. The molecule has 0 radical (unpaired) electrons. The number of hydrogen-bond donors (Lipinski definition) is 0. The Morgan fingerprint density at radius 1 is 0.468 bits per heavy atom. The maximum atomic E-state index is 2.53. The second kappa shape index (κ2) is 10.7. The molecule has 8 rings (SSSR count). The fourth-order valence-electron chi connectivity index (χ4n) is 8.36. The Kier molecular flexibility index (Phi) is 6.81. The summed E-state index contributed by atoms with van der Waals surface area (Å²) < 4.78 is 0. The fraction of sp³-hybridized carbons (Fsp3) is 0.289. The van der Waals surface area contributed by atoms with Crippen molar-refractivity contribution in [1.29, 1.82) is 0 Å². The number of para-hydroxylation sites is 2. The highest BCUT2D eigenvalue weighted by Crippen LogP contribution is 2.51. The van der Waals surface area contributed by atoms with E-state index in [0.717, 1.165) is 25.9 Å². The van der Waals surface area contributed by atoms with E-state index in [1.54, 1.807) is 0 Å². The second-order valence-electron chi connectivity index (χ2n) is 15.7. The summed E-state index contributed by atoms with van der Waals surface area (Å²) in [5.41, 5.74) is 16.5. The van der Waals surface area contributed by atoms with Gasteiger partial charge in [-0.05, 0) is 105 Å². The lowest BCUT2D eigenvalue weighted by Gasteiger charge is -2.40. The summed E-state index contributed by atoms with van der Waals surface area (Å²) in [7, 11) is 0. The average Bonchev–Trinajstić information content (AvgIpc) is 3.29. The average molecular weight is 615 g/mol. The summed E-state index contributed by atoms with van der Waals surface area (Å²) in [6.45, 7) is 16.3. The molecule has 0 fully saturated rings. The summed E-state index contributed by atoms with van der Waals surface area (Å²) in [6, 6.07) is 41.1. The van der Waals surface area contributed by atoms with Crippen LogP contribution < -0.4 is 9.80 Å². The Morgan fingerprint density at radius 2 is 0.936 bits per heavy atom.